The van der Waals surface area contributed by atoms with E-state index in [0.29, 0.717) is 0 Å². The molecule has 0 nitrogen and oxygen atoms in total. The Hall–Kier alpha value is -1.82. The lowest BCUT2D eigenvalue weighted by molar-refractivity contribution is 0.164. The van der Waals surface area contributed by atoms with Crippen LogP contribution in [-0.2, 0) is 0 Å². The fourth-order valence-electron chi connectivity index (χ4n) is 5.41. The van der Waals surface area contributed by atoms with Crippen molar-refractivity contribution >= 4 is 5.57 Å². The molecule has 1 fully saturated rings. The van der Waals surface area contributed by atoms with Crippen molar-refractivity contribution < 1.29 is 0 Å². The lowest BCUT2D eigenvalue weighted by Gasteiger charge is -2.38. The van der Waals surface area contributed by atoms with Crippen molar-refractivity contribution in [2.45, 2.75) is 81.6 Å². The third-order valence-corrected chi connectivity index (χ3v) is 6.98. The van der Waals surface area contributed by atoms with Gasteiger partial charge < -0.3 is 0 Å². The van der Waals surface area contributed by atoms with Gasteiger partial charge in [0.1, 0.15) is 0 Å². The Morgan fingerprint density at radius 3 is 1.90 bits per heavy atom. The van der Waals surface area contributed by atoms with Crippen molar-refractivity contribution in [3.05, 3.63) is 76.9 Å². The van der Waals surface area contributed by atoms with Crippen molar-refractivity contribution in [3.8, 4) is 0 Å². The van der Waals surface area contributed by atoms with Crippen LogP contribution < -0.4 is 0 Å². The number of rotatable bonds is 5. The van der Waals surface area contributed by atoms with E-state index in [-0.39, 0.29) is 0 Å². The van der Waals surface area contributed by atoms with E-state index in [2.05, 4.69) is 100 Å². The molecule has 1 aromatic rings. The number of aryl methyl sites for hydroxylation is 1. The van der Waals surface area contributed by atoms with Gasteiger partial charge in [-0.1, -0.05) is 82.4 Å². The summed E-state index contributed by atoms with van der Waals surface area (Å²) in [5, 5.41) is 0. The van der Waals surface area contributed by atoms with Crippen LogP contribution in [-0.4, -0.2) is 0 Å². The maximum atomic E-state index is 4.16. The number of allylic oxidation sites excluding steroid dienone is 5. The van der Waals surface area contributed by atoms with E-state index in [9.17, 15) is 0 Å². The molecule has 1 aromatic carbocycles. The smallest absolute Gasteiger partial charge is 0.0126 e. The molecule has 0 saturated heterocycles. The summed E-state index contributed by atoms with van der Waals surface area (Å²) in [6, 6.07) is 6.44. The molecule has 30 heavy (non-hydrogen) atoms. The van der Waals surface area contributed by atoms with Crippen LogP contribution in [0.3, 0.4) is 0 Å². The second kappa shape index (κ2) is 11.5. The quantitative estimate of drug-likeness (QED) is 0.337. The average Bonchev–Trinajstić information content (AvgIpc) is 2.63. The molecule has 1 aliphatic rings. The normalized spacial score (nSPS) is 24.3. The Bertz CT molecular complexity index is 789. The van der Waals surface area contributed by atoms with E-state index < -0.39 is 0 Å². The second-order valence-electron chi connectivity index (χ2n) is 9.89. The van der Waals surface area contributed by atoms with E-state index in [4.69, 9.17) is 0 Å². The first-order valence-electron chi connectivity index (χ1n) is 11.7. The molecule has 0 aliphatic heterocycles. The van der Waals surface area contributed by atoms with Gasteiger partial charge in [0.05, 0.1) is 0 Å². The monoisotopic (exact) mass is 406 g/mol. The third kappa shape index (κ3) is 6.59. The molecule has 2 rings (SSSR count). The first-order chi connectivity index (χ1) is 13.9. The second-order valence-corrected chi connectivity index (χ2v) is 9.89. The molecule has 0 heterocycles. The maximum absolute atomic E-state index is 4.16. The standard InChI is InChI=1S/C18H24.C12H22/c1-8-13(4)16(7)18(12(2)3)17-11-9-10-14(5)15(17)6;1-8(2)12-10(4)6-9(3)7-11(12)5/h9-11H,2,4,8H2,1,3,5-7H3;9-12H,1,6-7H2,2-5H3/b18-16-;. The van der Waals surface area contributed by atoms with Gasteiger partial charge >= 0.3 is 0 Å². The van der Waals surface area contributed by atoms with Crippen LogP contribution >= 0.6 is 0 Å². The lowest BCUT2D eigenvalue weighted by atomic mass is 9.67. The summed E-state index contributed by atoms with van der Waals surface area (Å²) in [7, 11) is 0. The van der Waals surface area contributed by atoms with Crippen molar-refractivity contribution in [1.82, 2.24) is 0 Å². The Labute approximate surface area is 187 Å². The highest BCUT2D eigenvalue weighted by atomic mass is 14.4. The molecule has 2 atom stereocenters. The highest BCUT2D eigenvalue weighted by Crippen LogP contribution is 2.40. The minimum atomic E-state index is 0.779. The van der Waals surface area contributed by atoms with Crippen molar-refractivity contribution in [3.63, 3.8) is 0 Å². The zero-order chi connectivity index (χ0) is 23.2. The minimum Gasteiger partial charge on any atom is -0.0998 e. The first kappa shape index (κ1) is 26.2. The molecule has 0 amide bonds. The van der Waals surface area contributed by atoms with Crippen LogP contribution in [0.15, 0.2) is 60.2 Å². The fraction of sp³-hybridized carbons (Fsp3) is 0.533. The molecular formula is C30H46. The molecule has 0 radical (unpaired) electrons. The number of hydrogen-bond acceptors (Lipinski definition) is 0. The molecule has 1 saturated carbocycles. The van der Waals surface area contributed by atoms with E-state index in [0.717, 1.165) is 35.7 Å². The largest absolute Gasteiger partial charge is 0.0998 e. The summed E-state index contributed by atoms with van der Waals surface area (Å²) >= 11 is 0. The van der Waals surface area contributed by atoms with Gasteiger partial charge in [-0.2, -0.15) is 0 Å². The van der Waals surface area contributed by atoms with Crippen molar-refractivity contribution in [2.75, 3.05) is 0 Å². The highest BCUT2D eigenvalue weighted by Gasteiger charge is 2.31. The average molecular weight is 407 g/mol. The van der Waals surface area contributed by atoms with Gasteiger partial charge in [-0.3, -0.25) is 0 Å². The molecule has 0 aromatic heterocycles. The van der Waals surface area contributed by atoms with Crippen LogP contribution in [0.5, 0.6) is 0 Å². The first-order valence-corrected chi connectivity index (χ1v) is 11.7. The van der Waals surface area contributed by atoms with Gasteiger partial charge in [0.2, 0.25) is 0 Å². The zero-order valence-corrected chi connectivity index (χ0v) is 21.3. The van der Waals surface area contributed by atoms with Crippen LogP contribution in [0, 0.1) is 37.5 Å². The molecule has 1 aliphatic carbocycles. The molecule has 0 heteroatoms. The van der Waals surface area contributed by atoms with Gasteiger partial charge in [0.25, 0.3) is 0 Å². The Kier molecular flexibility index (Phi) is 10.1. The fourth-order valence-corrected chi connectivity index (χ4v) is 5.41. The molecule has 0 N–H and O–H groups in total. The topological polar surface area (TPSA) is 0 Å². The minimum absolute atomic E-state index is 0.779. The lowest BCUT2D eigenvalue weighted by Crippen LogP contribution is -2.29. The molecule has 166 valence electrons. The highest BCUT2D eigenvalue weighted by molar-refractivity contribution is 5.84. The predicted octanol–water partition coefficient (Wildman–Crippen LogP) is 9.50. The van der Waals surface area contributed by atoms with Gasteiger partial charge in [-0.05, 0) is 105 Å². The van der Waals surface area contributed by atoms with Crippen LogP contribution in [0.2, 0.25) is 0 Å². The summed E-state index contributed by atoms with van der Waals surface area (Å²) < 4.78 is 0. The summed E-state index contributed by atoms with van der Waals surface area (Å²) in [6.45, 7) is 32.4. The Balaban J connectivity index is 0.000000325. The van der Waals surface area contributed by atoms with Crippen molar-refractivity contribution in [1.29, 1.82) is 0 Å². The summed E-state index contributed by atoms with van der Waals surface area (Å²) in [6.07, 6.45) is 3.76. The Morgan fingerprint density at radius 1 is 0.933 bits per heavy atom. The zero-order valence-electron chi connectivity index (χ0n) is 21.3. The summed E-state index contributed by atoms with van der Waals surface area (Å²) in [5.41, 5.74) is 10.1. The van der Waals surface area contributed by atoms with E-state index in [1.165, 1.54) is 51.8 Å². The predicted molar refractivity (Wildman–Crippen MR) is 138 cm³/mol. The number of benzene rings is 1. The SMILES string of the molecule is C=C(C)C1C(C)CC(C)CC1C.C=C(CC)/C(C)=C(/C(=C)C)c1cccc(C)c1C. The molecule has 2 unspecified atom stereocenters. The van der Waals surface area contributed by atoms with Gasteiger partial charge in [-0.25, -0.2) is 0 Å². The summed E-state index contributed by atoms with van der Waals surface area (Å²) in [5.74, 6) is 3.40. The van der Waals surface area contributed by atoms with Gasteiger partial charge in [-0.15, -0.1) is 0 Å². The summed E-state index contributed by atoms with van der Waals surface area (Å²) in [4.78, 5) is 0. The van der Waals surface area contributed by atoms with Gasteiger partial charge in [0.15, 0.2) is 0 Å². The Morgan fingerprint density at radius 2 is 1.47 bits per heavy atom. The maximum Gasteiger partial charge on any atom is -0.0126 e. The van der Waals surface area contributed by atoms with Crippen LogP contribution in [0.1, 0.15) is 84.4 Å². The third-order valence-electron chi connectivity index (χ3n) is 6.98. The molecular weight excluding hydrogens is 360 g/mol. The van der Waals surface area contributed by atoms with Gasteiger partial charge in [0, 0.05) is 0 Å². The van der Waals surface area contributed by atoms with E-state index in [1.807, 2.05) is 0 Å². The van der Waals surface area contributed by atoms with Crippen LogP contribution in [0.4, 0.5) is 0 Å². The van der Waals surface area contributed by atoms with E-state index in [1.54, 1.807) is 0 Å². The molecule has 0 bridgehead atoms. The molecule has 0 spiro atoms. The van der Waals surface area contributed by atoms with E-state index >= 15 is 0 Å². The van der Waals surface area contributed by atoms with Crippen molar-refractivity contribution in [2.24, 2.45) is 23.7 Å². The number of hydrogen-bond donors (Lipinski definition) is 0. The van der Waals surface area contributed by atoms with Crippen LogP contribution in [0.25, 0.3) is 5.57 Å².